The van der Waals surface area contributed by atoms with Gasteiger partial charge < -0.3 is 20.3 Å². The molecule has 2 fully saturated rings. The van der Waals surface area contributed by atoms with Crippen LogP contribution >= 0.6 is 24.0 Å². The maximum absolute atomic E-state index is 5.55. The highest BCUT2D eigenvalue weighted by Gasteiger charge is 2.35. The van der Waals surface area contributed by atoms with Crippen molar-refractivity contribution in [1.82, 2.24) is 15.5 Å². The van der Waals surface area contributed by atoms with Crippen LogP contribution in [0.3, 0.4) is 0 Å². The summed E-state index contributed by atoms with van der Waals surface area (Å²) < 4.78 is 5.55. The summed E-state index contributed by atoms with van der Waals surface area (Å²) in [7, 11) is 6.22. The minimum absolute atomic E-state index is 0. The first-order chi connectivity index (χ1) is 10.9. The third-order valence-electron chi connectivity index (χ3n) is 5.70. The zero-order valence-electron chi connectivity index (χ0n) is 16.1. The van der Waals surface area contributed by atoms with Gasteiger partial charge in [-0.15, -0.1) is 24.0 Å². The Hall–Kier alpha value is -0.0800. The molecule has 2 unspecified atom stereocenters. The van der Waals surface area contributed by atoms with Crippen LogP contribution in [-0.2, 0) is 4.74 Å². The number of aliphatic imine (C=N–C) groups is 1. The van der Waals surface area contributed by atoms with Crippen molar-refractivity contribution >= 4 is 29.9 Å². The normalized spacial score (nSPS) is 30.6. The summed E-state index contributed by atoms with van der Waals surface area (Å²) in [6.45, 7) is 7.35. The van der Waals surface area contributed by atoms with Crippen LogP contribution in [0.25, 0.3) is 0 Å². The quantitative estimate of drug-likeness (QED) is 0.391. The largest absolute Gasteiger partial charge is 0.381 e. The zero-order chi connectivity index (χ0) is 16.9. The van der Waals surface area contributed by atoms with Crippen molar-refractivity contribution in [2.24, 2.45) is 16.8 Å². The van der Waals surface area contributed by atoms with Gasteiger partial charge in [-0.2, -0.15) is 0 Å². The average molecular weight is 452 g/mol. The molecule has 0 aromatic carbocycles. The molecule has 142 valence electrons. The van der Waals surface area contributed by atoms with Gasteiger partial charge in [0.25, 0.3) is 0 Å². The number of halogens is 1. The molecule has 0 bridgehead atoms. The first-order valence-corrected chi connectivity index (χ1v) is 9.17. The Morgan fingerprint density at radius 1 is 1.12 bits per heavy atom. The maximum atomic E-state index is 5.55. The fourth-order valence-electron chi connectivity index (χ4n) is 4.23. The number of guanidine groups is 1. The number of nitrogens with one attached hydrogen (secondary N) is 2. The summed E-state index contributed by atoms with van der Waals surface area (Å²) in [5.74, 6) is 2.56. The molecule has 2 atom stereocenters. The molecule has 0 spiro atoms. The van der Waals surface area contributed by atoms with Crippen molar-refractivity contribution in [2.45, 2.75) is 57.5 Å². The van der Waals surface area contributed by atoms with Gasteiger partial charge in [-0.05, 0) is 58.0 Å². The van der Waals surface area contributed by atoms with Crippen LogP contribution in [0.5, 0.6) is 0 Å². The molecular weight excluding hydrogens is 415 g/mol. The molecule has 1 aliphatic carbocycles. The second-order valence-electron chi connectivity index (χ2n) is 7.92. The lowest BCUT2D eigenvalue weighted by Gasteiger charge is -2.43. The number of ether oxygens (including phenoxy) is 1. The Bertz CT molecular complexity index is 386. The molecule has 0 aromatic heterocycles. The van der Waals surface area contributed by atoms with Crippen molar-refractivity contribution < 1.29 is 4.74 Å². The van der Waals surface area contributed by atoms with Gasteiger partial charge in [0, 0.05) is 38.4 Å². The SMILES string of the molecule is CN=C(NCC1(N(C)C)CCOCC1)NC1CC(C)CC(C)C1.I. The topological polar surface area (TPSA) is 48.9 Å². The Labute approximate surface area is 165 Å². The van der Waals surface area contributed by atoms with Gasteiger partial charge in [0.1, 0.15) is 0 Å². The van der Waals surface area contributed by atoms with E-state index in [-0.39, 0.29) is 29.5 Å². The molecule has 6 heteroatoms. The minimum atomic E-state index is 0. The molecule has 2 aliphatic rings. The predicted octanol–water partition coefficient (Wildman–Crippen LogP) is 2.70. The number of likely N-dealkylation sites (N-methyl/N-ethyl adjacent to an activating group) is 1. The van der Waals surface area contributed by atoms with Gasteiger partial charge >= 0.3 is 0 Å². The number of hydrogen-bond donors (Lipinski definition) is 2. The summed E-state index contributed by atoms with van der Waals surface area (Å²) in [6, 6.07) is 0.546. The molecular formula is C18H37IN4O. The summed E-state index contributed by atoms with van der Waals surface area (Å²) in [5.41, 5.74) is 0.170. The zero-order valence-corrected chi connectivity index (χ0v) is 18.4. The molecule has 1 saturated carbocycles. The second kappa shape index (κ2) is 10.2. The lowest BCUT2D eigenvalue weighted by atomic mass is 9.80. The van der Waals surface area contributed by atoms with Crippen LogP contribution in [0.15, 0.2) is 4.99 Å². The highest BCUT2D eigenvalue weighted by atomic mass is 127. The van der Waals surface area contributed by atoms with E-state index in [4.69, 9.17) is 4.74 Å². The summed E-state index contributed by atoms with van der Waals surface area (Å²) in [6.07, 6.45) is 5.99. The van der Waals surface area contributed by atoms with E-state index in [2.05, 4.69) is 48.5 Å². The van der Waals surface area contributed by atoms with E-state index in [1.54, 1.807) is 0 Å². The highest BCUT2D eigenvalue weighted by Crippen LogP contribution is 2.28. The molecule has 1 heterocycles. The van der Waals surface area contributed by atoms with Crippen molar-refractivity contribution in [2.75, 3.05) is 40.9 Å². The molecule has 2 N–H and O–H groups in total. The van der Waals surface area contributed by atoms with Gasteiger partial charge in [0.2, 0.25) is 0 Å². The van der Waals surface area contributed by atoms with Crippen LogP contribution in [0.1, 0.15) is 46.0 Å². The van der Waals surface area contributed by atoms with Gasteiger partial charge in [0.05, 0.1) is 0 Å². The number of nitrogens with zero attached hydrogens (tertiary/aromatic N) is 2. The van der Waals surface area contributed by atoms with E-state index in [0.717, 1.165) is 50.4 Å². The molecule has 1 saturated heterocycles. The van der Waals surface area contributed by atoms with Crippen LogP contribution in [0.2, 0.25) is 0 Å². The van der Waals surface area contributed by atoms with Crippen LogP contribution in [0, 0.1) is 11.8 Å². The first kappa shape index (κ1) is 22.0. The van der Waals surface area contributed by atoms with Gasteiger partial charge in [-0.25, -0.2) is 0 Å². The monoisotopic (exact) mass is 452 g/mol. The van der Waals surface area contributed by atoms with Crippen molar-refractivity contribution in [3.05, 3.63) is 0 Å². The average Bonchev–Trinajstić information content (AvgIpc) is 2.51. The smallest absolute Gasteiger partial charge is 0.191 e. The fourth-order valence-corrected chi connectivity index (χ4v) is 4.23. The lowest BCUT2D eigenvalue weighted by Crippen LogP contribution is -2.58. The molecule has 0 amide bonds. The van der Waals surface area contributed by atoms with Crippen LogP contribution in [-0.4, -0.2) is 63.3 Å². The second-order valence-corrected chi connectivity index (χ2v) is 7.92. The van der Waals surface area contributed by atoms with E-state index in [0.29, 0.717) is 6.04 Å². The Morgan fingerprint density at radius 2 is 1.71 bits per heavy atom. The summed E-state index contributed by atoms with van der Waals surface area (Å²) >= 11 is 0. The maximum Gasteiger partial charge on any atom is 0.191 e. The third-order valence-corrected chi connectivity index (χ3v) is 5.70. The van der Waals surface area contributed by atoms with Crippen LogP contribution in [0.4, 0.5) is 0 Å². The molecule has 5 nitrogen and oxygen atoms in total. The van der Waals surface area contributed by atoms with E-state index in [1.807, 2.05) is 7.05 Å². The molecule has 2 rings (SSSR count). The Kier molecular flexibility index (Phi) is 9.30. The van der Waals surface area contributed by atoms with E-state index in [1.165, 1.54) is 19.3 Å². The van der Waals surface area contributed by atoms with Gasteiger partial charge in [-0.3, -0.25) is 4.99 Å². The Morgan fingerprint density at radius 3 is 2.21 bits per heavy atom. The van der Waals surface area contributed by atoms with E-state index >= 15 is 0 Å². The first-order valence-electron chi connectivity index (χ1n) is 9.17. The number of rotatable bonds is 4. The fraction of sp³-hybridized carbons (Fsp3) is 0.944. The minimum Gasteiger partial charge on any atom is -0.381 e. The highest BCUT2D eigenvalue weighted by molar-refractivity contribution is 14.0. The number of hydrogen-bond acceptors (Lipinski definition) is 3. The standard InChI is InChI=1S/C18H36N4O.HI/c1-14-10-15(2)12-16(11-14)21-17(19-3)20-13-18(22(4)5)6-8-23-9-7-18;/h14-16H,6-13H2,1-5H3,(H2,19,20,21);1H. The lowest BCUT2D eigenvalue weighted by molar-refractivity contribution is -0.00504. The van der Waals surface area contributed by atoms with Crippen molar-refractivity contribution in [1.29, 1.82) is 0 Å². The summed E-state index contributed by atoms with van der Waals surface area (Å²) in [4.78, 5) is 6.80. The summed E-state index contributed by atoms with van der Waals surface area (Å²) in [5, 5.41) is 7.23. The van der Waals surface area contributed by atoms with Gasteiger partial charge in [0.15, 0.2) is 5.96 Å². The van der Waals surface area contributed by atoms with Crippen LogP contribution < -0.4 is 10.6 Å². The predicted molar refractivity (Wildman–Crippen MR) is 112 cm³/mol. The molecule has 1 aliphatic heterocycles. The molecule has 0 aromatic rings. The van der Waals surface area contributed by atoms with Crippen molar-refractivity contribution in [3.8, 4) is 0 Å². The molecule has 24 heavy (non-hydrogen) atoms. The van der Waals surface area contributed by atoms with Gasteiger partial charge in [-0.1, -0.05) is 13.8 Å². The van der Waals surface area contributed by atoms with Crippen molar-refractivity contribution in [3.63, 3.8) is 0 Å². The molecule has 0 radical (unpaired) electrons. The Balaban J connectivity index is 0.00000288. The third kappa shape index (κ3) is 6.02. The van der Waals surface area contributed by atoms with E-state index < -0.39 is 0 Å². The van der Waals surface area contributed by atoms with E-state index in [9.17, 15) is 0 Å².